The molecule has 0 bridgehead atoms. The van der Waals surface area contributed by atoms with Crippen molar-refractivity contribution in [3.05, 3.63) is 28.2 Å². The standard InChI is InChI=1S/C14H21BrN2/c15-14-12(7-6-8-13(14)16)11-17-9-4-2-1-3-5-10-17/h6-8H,1-5,9-11,16H2. The predicted octanol–water partition coefficient (Wildman–Crippen LogP) is 3.80. The van der Waals surface area contributed by atoms with E-state index in [9.17, 15) is 0 Å². The van der Waals surface area contributed by atoms with Gasteiger partial charge in [-0.15, -0.1) is 0 Å². The van der Waals surface area contributed by atoms with Crippen LogP contribution in [0.5, 0.6) is 0 Å². The van der Waals surface area contributed by atoms with Crippen LogP contribution >= 0.6 is 15.9 Å². The van der Waals surface area contributed by atoms with Crippen molar-refractivity contribution in [1.29, 1.82) is 0 Å². The largest absolute Gasteiger partial charge is 0.398 e. The molecule has 0 saturated carbocycles. The molecule has 0 aliphatic carbocycles. The second-order valence-electron chi connectivity index (χ2n) is 4.86. The van der Waals surface area contributed by atoms with Crippen molar-refractivity contribution < 1.29 is 0 Å². The third-order valence-electron chi connectivity index (χ3n) is 3.45. The van der Waals surface area contributed by atoms with Gasteiger partial charge in [-0.1, -0.05) is 31.4 Å². The van der Waals surface area contributed by atoms with Gasteiger partial charge >= 0.3 is 0 Å². The highest BCUT2D eigenvalue weighted by Gasteiger charge is 2.11. The van der Waals surface area contributed by atoms with Crippen molar-refractivity contribution in [2.75, 3.05) is 18.8 Å². The van der Waals surface area contributed by atoms with Gasteiger partial charge < -0.3 is 5.73 Å². The van der Waals surface area contributed by atoms with Crippen LogP contribution in [0.4, 0.5) is 5.69 Å². The fourth-order valence-corrected chi connectivity index (χ4v) is 2.82. The Balaban J connectivity index is 2.00. The summed E-state index contributed by atoms with van der Waals surface area (Å²) in [4.78, 5) is 2.55. The molecule has 1 aromatic carbocycles. The fourth-order valence-electron chi connectivity index (χ4n) is 2.43. The molecule has 17 heavy (non-hydrogen) atoms. The van der Waals surface area contributed by atoms with Crippen molar-refractivity contribution in [2.45, 2.75) is 38.6 Å². The Kier molecular flexibility index (Phi) is 4.86. The first-order chi connectivity index (χ1) is 8.27. The van der Waals surface area contributed by atoms with E-state index in [1.54, 1.807) is 0 Å². The van der Waals surface area contributed by atoms with Gasteiger partial charge in [-0.05, 0) is 53.5 Å². The topological polar surface area (TPSA) is 29.3 Å². The summed E-state index contributed by atoms with van der Waals surface area (Å²) in [5.74, 6) is 0. The van der Waals surface area contributed by atoms with E-state index in [0.29, 0.717) is 0 Å². The molecule has 1 saturated heterocycles. The molecule has 0 unspecified atom stereocenters. The van der Waals surface area contributed by atoms with Crippen LogP contribution in [-0.2, 0) is 6.54 Å². The van der Waals surface area contributed by atoms with Gasteiger partial charge in [-0.2, -0.15) is 0 Å². The zero-order valence-corrected chi connectivity index (χ0v) is 11.9. The van der Waals surface area contributed by atoms with Gasteiger partial charge in [0.25, 0.3) is 0 Å². The highest BCUT2D eigenvalue weighted by molar-refractivity contribution is 9.10. The maximum absolute atomic E-state index is 5.92. The maximum Gasteiger partial charge on any atom is 0.0461 e. The Morgan fingerprint density at radius 3 is 2.41 bits per heavy atom. The second-order valence-corrected chi connectivity index (χ2v) is 5.66. The van der Waals surface area contributed by atoms with E-state index < -0.39 is 0 Å². The number of rotatable bonds is 2. The fraction of sp³-hybridized carbons (Fsp3) is 0.571. The lowest BCUT2D eigenvalue weighted by Gasteiger charge is -2.25. The van der Waals surface area contributed by atoms with Gasteiger partial charge in [0, 0.05) is 16.7 Å². The van der Waals surface area contributed by atoms with Crippen LogP contribution in [0.3, 0.4) is 0 Å². The maximum atomic E-state index is 5.92. The normalized spacial score (nSPS) is 18.6. The zero-order chi connectivity index (χ0) is 12.1. The number of nitrogen functional groups attached to an aromatic ring is 1. The smallest absolute Gasteiger partial charge is 0.0461 e. The summed E-state index contributed by atoms with van der Waals surface area (Å²) >= 11 is 3.59. The molecule has 2 rings (SSSR count). The molecule has 3 heteroatoms. The average Bonchev–Trinajstić information content (AvgIpc) is 2.28. The molecule has 1 fully saturated rings. The molecule has 0 atom stereocenters. The van der Waals surface area contributed by atoms with Gasteiger partial charge in [-0.3, -0.25) is 4.90 Å². The lowest BCUT2D eigenvalue weighted by molar-refractivity contribution is 0.239. The number of hydrogen-bond acceptors (Lipinski definition) is 2. The Hall–Kier alpha value is -0.540. The van der Waals surface area contributed by atoms with E-state index in [0.717, 1.165) is 16.7 Å². The van der Waals surface area contributed by atoms with Gasteiger partial charge in [0.15, 0.2) is 0 Å². The lowest BCUT2D eigenvalue weighted by Crippen LogP contribution is -2.27. The van der Waals surface area contributed by atoms with Gasteiger partial charge in [0.1, 0.15) is 0 Å². The van der Waals surface area contributed by atoms with Crippen molar-refractivity contribution in [3.63, 3.8) is 0 Å². The Morgan fingerprint density at radius 2 is 1.71 bits per heavy atom. The lowest BCUT2D eigenvalue weighted by atomic mass is 10.1. The van der Waals surface area contributed by atoms with Crippen LogP contribution in [0, 0.1) is 0 Å². The monoisotopic (exact) mass is 296 g/mol. The molecule has 2 N–H and O–H groups in total. The number of benzene rings is 1. The Bertz CT molecular complexity index is 357. The number of anilines is 1. The first-order valence-electron chi connectivity index (χ1n) is 6.52. The molecule has 94 valence electrons. The molecule has 0 aromatic heterocycles. The second kappa shape index (κ2) is 6.41. The summed E-state index contributed by atoms with van der Waals surface area (Å²) in [5, 5.41) is 0. The first kappa shape index (κ1) is 12.9. The van der Waals surface area contributed by atoms with Crippen molar-refractivity contribution >= 4 is 21.6 Å². The van der Waals surface area contributed by atoms with E-state index >= 15 is 0 Å². The van der Waals surface area contributed by atoms with Crippen LogP contribution in [0.2, 0.25) is 0 Å². The quantitative estimate of drug-likeness (QED) is 0.841. The number of nitrogens with two attached hydrogens (primary N) is 1. The number of nitrogens with zero attached hydrogens (tertiary/aromatic N) is 1. The number of likely N-dealkylation sites (tertiary alicyclic amines) is 1. The van der Waals surface area contributed by atoms with Crippen LogP contribution in [0.15, 0.2) is 22.7 Å². The first-order valence-corrected chi connectivity index (χ1v) is 7.32. The van der Waals surface area contributed by atoms with Crippen LogP contribution in [-0.4, -0.2) is 18.0 Å². The highest BCUT2D eigenvalue weighted by Crippen LogP contribution is 2.25. The van der Waals surface area contributed by atoms with Crippen molar-refractivity contribution in [3.8, 4) is 0 Å². The molecular formula is C14H21BrN2. The average molecular weight is 297 g/mol. The SMILES string of the molecule is Nc1cccc(CN2CCCCCCC2)c1Br. The van der Waals surface area contributed by atoms with Gasteiger partial charge in [0.2, 0.25) is 0 Å². The molecule has 1 aliphatic heterocycles. The molecule has 1 heterocycles. The molecule has 2 nitrogen and oxygen atoms in total. The zero-order valence-electron chi connectivity index (χ0n) is 10.3. The minimum absolute atomic E-state index is 0.842. The molecule has 0 amide bonds. The van der Waals surface area contributed by atoms with Gasteiger partial charge in [-0.25, -0.2) is 0 Å². The van der Waals surface area contributed by atoms with Crippen LogP contribution in [0.1, 0.15) is 37.7 Å². The summed E-state index contributed by atoms with van der Waals surface area (Å²) in [6.45, 7) is 3.47. The summed E-state index contributed by atoms with van der Waals surface area (Å²) in [5.41, 5.74) is 8.07. The predicted molar refractivity (Wildman–Crippen MR) is 76.9 cm³/mol. The third-order valence-corrected chi connectivity index (χ3v) is 4.42. The van der Waals surface area contributed by atoms with E-state index in [1.165, 1.54) is 50.8 Å². The molecule has 1 aromatic rings. The molecule has 0 radical (unpaired) electrons. The van der Waals surface area contributed by atoms with E-state index in [4.69, 9.17) is 5.73 Å². The highest BCUT2D eigenvalue weighted by atomic mass is 79.9. The third kappa shape index (κ3) is 3.71. The minimum Gasteiger partial charge on any atom is -0.398 e. The minimum atomic E-state index is 0.842. The Labute approximate surface area is 112 Å². The summed E-state index contributed by atoms with van der Waals surface area (Å²) in [6, 6.07) is 6.15. The molecule has 0 spiro atoms. The molecule has 1 aliphatic rings. The van der Waals surface area contributed by atoms with E-state index in [-0.39, 0.29) is 0 Å². The van der Waals surface area contributed by atoms with E-state index in [1.807, 2.05) is 12.1 Å². The van der Waals surface area contributed by atoms with Crippen LogP contribution < -0.4 is 5.73 Å². The Morgan fingerprint density at radius 1 is 1.06 bits per heavy atom. The molecular weight excluding hydrogens is 276 g/mol. The number of halogens is 1. The summed E-state index contributed by atoms with van der Waals surface area (Å²) < 4.78 is 1.07. The van der Waals surface area contributed by atoms with Crippen molar-refractivity contribution in [2.24, 2.45) is 0 Å². The van der Waals surface area contributed by atoms with E-state index in [2.05, 4.69) is 26.9 Å². The van der Waals surface area contributed by atoms with Gasteiger partial charge in [0.05, 0.1) is 0 Å². The summed E-state index contributed by atoms with van der Waals surface area (Å²) in [6.07, 6.45) is 6.85. The number of hydrogen-bond donors (Lipinski definition) is 1. The van der Waals surface area contributed by atoms with Crippen LogP contribution in [0.25, 0.3) is 0 Å². The summed E-state index contributed by atoms with van der Waals surface area (Å²) in [7, 11) is 0. The van der Waals surface area contributed by atoms with Crippen molar-refractivity contribution in [1.82, 2.24) is 4.90 Å².